The summed E-state index contributed by atoms with van der Waals surface area (Å²) in [4.78, 5) is 153. The predicted octanol–water partition coefficient (Wildman–Crippen LogP) is -3.85. The van der Waals surface area contributed by atoms with Gasteiger partial charge in [0.05, 0.1) is 6.33 Å². The molecule has 0 aliphatic heterocycles. The highest BCUT2D eigenvalue weighted by Crippen LogP contribution is 2.20. The van der Waals surface area contributed by atoms with E-state index in [4.69, 9.17) is 34.4 Å². The zero-order valence-electron chi connectivity index (χ0n) is 45.9. The highest BCUT2D eigenvalue weighted by molar-refractivity contribution is 5.99. The summed E-state index contributed by atoms with van der Waals surface area (Å²) in [6.45, 7) is 3.09. The van der Waals surface area contributed by atoms with Crippen LogP contribution in [0, 0.1) is 0 Å². The van der Waals surface area contributed by atoms with Crippen molar-refractivity contribution in [2.45, 2.75) is 133 Å². The molecular weight excluding hydrogens is 1060 g/mol. The second-order valence-corrected chi connectivity index (χ2v) is 19.4. The van der Waals surface area contributed by atoms with Crippen LogP contribution in [0.15, 0.2) is 83.3 Å². The molecule has 29 heteroatoms. The first-order valence-electron chi connectivity index (χ1n) is 26.7. The van der Waals surface area contributed by atoms with Gasteiger partial charge < -0.3 is 91.7 Å². The van der Waals surface area contributed by atoms with Crippen molar-refractivity contribution in [3.05, 3.63) is 90.1 Å². The van der Waals surface area contributed by atoms with Crippen LogP contribution in [0.4, 0.5) is 0 Å². The lowest BCUT2D eigenvalue weighted by Gasteiger charge is -2.28. The summed E-state index contributed by atoms with van der Waals surface area (Å²) in [5.74, 6) is -7.70. The number of H-pyrrole nitrogens is 2. The number of para-hydroxylation sites is 1. The van der Waals surface area contributed by atoms with Crippen molar-refractivity contribution in [3.63, 3.8) is 0 Å². The maximum Gasteiger partial charge on any atom is 0.243 e. The molecule has 2 aromatic heterocycles. The number of unbranched alkanes of at least 4 members (excludes halogenated alkanes) is 1. The third-order valence-corrected chi connectivity index (χ3v) is 12.8. The Labute approximate surface area is 473 Å². The minimum atomic E-state index is -1.55. The van der Waals surface area contributed by atoms with Gasteiger partial charge in [0.1, 0.15) is 54.6 Å². The van der Waals surface area contributed by atoms with Crippen LogP contribution in [0.3, 0.4) is 0 Å². The molecule has 82 heavy (non-hydrogen) atoms. The molecule has 0 saturated carbocycles. The topological polar surface area (TPSA) is 492 Å². The van der Waals surface area contributed by atoms with Crippen LogP contribution in [-0.2, 0) is 67.2 Å². The smallest absolute Gasteiger partial charge is 0.243 e. The molecule has 0 bridgehead atoms. The molecule has 0 spiro atoms. The second kappa shape index (κ2) is 33.9. The normalized spacial score (nSPS) is 13.8. The Morgan fingerprint density at radius 2 is 1.06 bits per heavy atom. The summed E-state index contributed by atoms with van der Waals surface area (Å²) >= 11 is 0. The molecule has 0 radical (unpaired) electrons. The van der Waals surface area contributed by atoms with Gasteiger partial charge in [-0.25, -0.2) is 4.98 Å². The van der Waals surface area contributed by atoms with Gasteiger partial charge in [-0.2, -0.15) is 0 Å². The van der Waals surface area contributed by atoms with Crippen molar-refractivity contribution >= 4 is 82.3 Å². The third kappa shape index (κ3) is 22.4. The van der Waals surface area contributed by atoms with E-state index in [1.54, 1.807) is 42.6 Å². The van der Waals surface area contributed by atoms with Gasteiger partial charge in [-0.1, -0.05) is 48.5 Å². The highest BCUT2D eigenvalue weighted by Gasteiger charge is 2.35. The molecule has 0 fully saturated rings. The van der Waals surface area contributed by atoms with Gasteiger partial charge in [0, 0.05) is 74.7 Å². The third-order valence-electron chi connectivity index (χ3n) is 12.8. The summed E-state index contributed by atoms with van der Waals surface area (Å²) in [6.07, 6.45) is 5.32. The van der Waals surface area contributed by atoms with E-state index < -0.39 is 108 Å². The molecule has 22 N–H and O–H groups in total. The van der Waals surface area contributed by atoms with Crippen molar-refractivity contribution in [3.8, 4) is 0 Å². The Bertz CT molecular complexity index is 2840. The number of nitrogens with one attached hydrogen (secondary N) is 10. The molecule has 8 atom stereocenters. The van der Waals surface area contributed by atoms with E-state index in [-0.39, 0.29) is 76.4 Å². The summed E-state index contributed by atoms with van der Waals surface area (Å²) in [5, 5.41) is 21.7. The summed E-state index contributed by atoms with van der Waals surface area (Å²) in [7, 11) is 0. The van der Waals surface area contributed by atoms with E-state index in [1.807, 2.05) is 18.2 Å². The van der Waals surface area contributed by atoms with Crippen LogP contribution < -0.4 is 76.9 Å². The molecule has 444 valence electrons. The maximum atomic E-state index is 14.8. The van der Waals surface area contributed by atoms with Gasteiger partial charge in [-0.3, -0.25) is 53.1 Å². The number of amides is 9. The molecule has 9 amide bonds. The average molecular weight is 1140 g/mol. The molecule has 0 unspecified atom stereocenters. The fraction of sp³-hybridized carbons (Fsp3) is 0.453. The van der Waals surface area contributed by atoms with Crippen LogP contribution in [0.1, 0.15) is 82.0 Å². The van der Waals surface area contributed by atoms with Gasteiger partial charge >= 0.3 is 0 Å². The SMILES string of the molecule is CC(=O)N[C@H](CCCN=C(N)N)C(=O)N[C@@H](CC=O)C(=O)N[C@@H](Cc1cnc[nH]1)C(=O)N[C@H](Cc1ccccc1)C(=O)N[C@@H](CCCN=C(N)N)C(=O)N[C@@H](Cc1c[nH]c2ccccc12)C(=O)N[C@@H](C)C(=O)N[C@@H](CCCCN)C(N)=O. The zero-order chi connectivity index (χ0) is 60.1. The van der Waals surface area contributed by atoms with Crippen LogP contribution in [0.2, 0.25) is 0 Å². The maximum absolute atomic E-state index is 14.8. The molecule has 29 nitrogen and oxygen atoms in total. The van der Waals surface area contributed by atoms with Crippen LogP contribution in [-0.4, -0.2) is 154 Å². The molecule has 0 saturated heterocycles. The summed E-state index contributed by atoms with van der Waals surface area (Å²) < 4.78 is 0. The van der Waals surface area contributed by atoms with Crippen molar-refractivity contribution in [2.24, 2.45) is 44.4 Å². The first-order valence-corrected chi connectivity index (χ1v) is 26.7. The van der Waals surface area contributed by atoms with Crippen LogP contribution in [0.25, 0.3) is 10.9 Å². The molecule has 2 heterocycles. The van der Waals surface area contributed by atoms with Gasteiger partial charge in [0.2, 0.25) is 53.2 Å². The lowest BCUT2D eigenvalue weighted by Crippen LogP contribution is -2.61. The number of aldehydes is 1. The van der Waals surface area contributed by atoms with E-state index in [2.05, 4.69) is 67.5 Å². The monoisotopic (exact) mass is 1140 g/mol. The lowest BCUT2D eigenvalue weighted by atomic mass is 10.0. The van der Waals surface area contributed by atoms with Gasteiger partial charge in [0.25, 0.3) is 0 Å². The largest absolute Gasteiger partial charge is 0.370 e. The first-order chi connectivity index (χ1) is 39.2. The van der Waals surface area contributed by atoms with E-state index >= 15 is 0 Å². The number of nitrogens with zero attached hydrogens (tertiary/aromatic N) is 3. The van der Waals surface area contributed by atoms with Gasteiger partial charge in [-0.15, -0.1) is 0 Å². The number of fused-ring (bicyclic) bond motifs is 1. The van der Waals surface area contributed by atoms with Crippen molar-refractivity contribution in [1.82, 2.24) is 57.5 Å². The minimum absolute atomic E-state index is 0.0183. The number of aliphatic imine (C=N–C) groups is 2. The first kappa shape index (κ1) is 65.1. The number of hydrogen-bond donors (Lipinski definition) is 16. The fourth-order valence-corrected chi connectivity index (χ4v) is 8.55. The zero-order valence-corrected chi connectivity index (χ0v) is 45.9. The number of rotatable bonds is 36. The van der Waals surface area contributed by atoms with E-state index in [0.717, 1.165) is 10.9 Å². The standard InChI is InChI=1S/C53H77N19O10/c1-30(45(76)67-37(44(55)75)16-8-9-20-54)65-49(80)42(25-33-27-63-36-15-7-6-14-35(33)36)71-47(78)39(18-11-22-62-53(58)59)68-50(81)41(24-32-12-4-3-5-13-32)70-51(82)43(26-34-28-60-29-64-34)72-48(79)40(19-23-73)69-46(77)38(66-31(2)74)17-10-21-61-52(56)57/h3-7,12-15,23,27-30,37-43,63H,8-11,16-22,24-26,54H2,1-2H3,(H2,55,75)(H,60,64)(H,65,80)(H,66,74)(H,67,76)(H,68,81)(H,69,77)(H,70,82)(H,71,78)(H,72,79)(H4,56,57,61)(H4,58,59,62)/t30-,37-,38+,39-,40-,41+,42-,43-/m0/s1. The highest BCUT2D eigenvalue weighted by atomic mass is 16.2. The quantitative estimate of drug-likeness (QED) is 0.00897. The van der Waals surface area contributed by atoms with Crippen LogP contribution in [0.5, 0.6) is 0 Å². The molecule has 4 aromatic rings. The Hall–Kier alpha value is -9.41. The fourth-order valence-electron chi connectivity index (χ4n) is 8.55. The minimum Gasteiger partial charge on any atom is -0.370 e. The van der Waals surface area contributed by atoms with Crippen molar-refractivity contribution in [2.75, 3.05) is 19.6 Å². The Morgan fingerprint density at radius 3 is 1.62 bits per heavy atom. The number of carbonyl (C=O) groups excluding carboxylic acids is 10. The molecule has 4 rings (SSSR count). The Morgan fingerprint density at radius 1 is 0.561 bits per heavy atom. The van der Waals surface area contributed by atoms with E-state index in [1.165, 1.54) is 26.4 Å². The molecular formula is C53H77N19O10. The summed E-state index contributed by atoms with van der Waals surface area (Å²) in [5.41, 5.74) is 35.4. The number of aromatic amines is 2. The number of hydrogen-bond acceptors (Lipinski definition) is 14. The number of nitrogens with two attached hydrogens (primary N) is 6. The number of benzene rings is 2. The molecule has 0 aliphatic rings. The Balaban J connectivity index is 1.66. The lowest BCUT2D eigenvalue weighted by molar-refractivity contribution is -0.136. The van der Waals surface area contributed by atoms with Gasteiger partial charge in [-0.05, 0) is 75.6 Å². The summed E-state index contributed by atoms with van der Waals surface area (Å²) in [6, 6.07) is 5.01. The van der Waals surface area contributed by atoms with E-state index in [9.17, 15) is 47.9 Å². The number of imidazole rings is 1. The number of carbonyl (C=O) groups is 10. The molecule has 0 aliphatic carbocycles. The Kier molecular flexibility index (Phi) is 26.9. The second-order valence-electron chi connectivity index (χ2n) is 19.4. The predicted molar refractivity (Wildman–Crippen MR) is 304 cm³/mol. The van der Waals surface area contributed by atoms with Crippen molar-refractivity contribution < 1.29 is 47.9 Å². The average Bonchev–Trinajstić information content (AvgIpc) is 4.15. The van der Waals surface area contributed by atoms with Crippen LogP contribution >= 0.6 is 0 Å². The number of aromatic nitrogens is 3. The number of guanidine groups is 2. The molecule has 2 aromatic carbocycles. The van der Waals surface area contributed by atoms with E-state index in [0.29, 0.717) is 42.5 Å². The van der Waals surface area contributed by atoms with Crippen molar-refractivity contribution in [1.29, 1.82) is 0 Å². The van der Waals surface area contributed by atoms with Gasteiger partial charge in [0.15, 0.2) is 11.9 Å². The number of primary amides is 1.